The molecule has 2 heterocycles. The Bertz CT molecular complexity index is 2390. The molecule has 0 saturated heterocycles. The molecule has 4 nitrogen and oxygen atoms in total. The van der Waals surface area contributed by atoms with Gasteiger partial charge in [0, 0.05) is 23.0 Å². The fourth-order valence-electron chi connectivity index (χ4n) is 13.4. The van der Waals surface area contributed by atoms with E-state index in [2.05, 4.69) is 140 Å². The van der Waals surface area contributed by atoms with Crippen LogP contribution in [-0.4, -0.2) is 21.1 Å². The van der Waals surface area contributed by atoms with Gasteiger partial charge in [0.05, 0.1) is 5.92 Å². The average molecular weight is 818 g/mol. The van der Waals surface area contributed by atoms with Crippen molar-refractivity contribution < 1.29 is 4.74 Å². The first-order valence-electron chi connectivity index (χ1n) is 24.5. The van der Waals surface area contributed by atoms with Gasteiger partial charge in [-0.05, 0) is 95.9 Å². The van der Waals surface area contributed by atoms with Crippen LogP contribution >= 0.6 is 0 Å². The standard InChI is InChI=1S/C58H63N3O/c1-2-8-29-44(28-7-1)56-59-57(61-58(60-56)48-32-19-31-47-46-30-17-18-33-51(46)62-55(47)48)45-36-34-40(35-37-45)50-38-49(39-20-9-3-10-21-39)52(41-22-11-4-12-23-41)54(43-26-15-6-16-27-43)53(50)42-24-13-5-14-25-42/h3,5-6,9-10,13-18,20-21,24-27,30,33-37,41,44,47-50,52-55H,1-2,4,7-8,11-12,19,22-23,28-29,31-32,38H2. The average Bonchev–Trinajstić information content (AvgIpc) is 3.51. The van der Waals surface area contributed by atoms with Gasteiger partial charge in [0.2, 0.25) is 0 Å². The molecule has 8 atom stereocenters. The van der Waals surface area contributed by atoms with Gasteiger partial charge in [-0.15, -0.1) is 0 Å². The number of hydrogen-bond acceptors (Lipinski definition) is 4. The predicted octanol–water partition coefficient (Wildman–Crippen LogP) is 14.8. The predicted molar refractivity (Wildman–Crippen MR) is 251 cm³/mol. The monoisotopic (exact) mass is 817 g/mol. The number of aromatic nitrogens is 3. The molecule has 4 aliphatic carbocycles. The first-order chi connectivity index (χ1) is 30.8. The quantitative estimate of drug-likeness (QED) is 0.144. The summed E-state index contributed by atoms with van der Waals surface area (Å²) in [6.07, 6.45) is 18.8. The summed E-state index contributed by atoms with van der Waals surface area (Å²) >= 11 is 0. The third-order valence-electron chi connectivity index (χ3n) is 16.2. The maximum atomic E-state index is 6.79. The molecule has 1 aliphatic heterocycles. The highest BCUT2D eigenvalue weighted by atomic mass is 16.5. The van der Waals surface area contributed by atoms with Crippen molar-refractivity contribution in [3.63, 3.8) is 0 Å². The maximum absolute atomic E-state index is 6.79. The van der Waals surface area contributed by atoms with Crippen molar-refractivity contribution >= 4 is 0 Å². The van der Waals surface area contributed by atoms with Crippen LogP contribution in [-0.2, 0) is 0 Å². The van der Waals surface area contributed by atoms with E-state index in [1.54, 1.807) is 0 Å². The normalized spacial score (nSPS) is 28.0. The summed E-state index contributed by atoms with van der Waals surface area (Å²) in [6, 6.07) is 53.1. The van der Waals surface area contributed by atoms with Crippen molar-refractivity contribution in [2.24, 2.45) is 11.8 Å². The van der Waals surface area contributed by atoms with E-state index in [9.17, 15) is 0 Å². The molecule has 5 aliphatic rings. The third kappa shape index (κ3) is 7.81. The molecule has 8 unspecified atom stereocenters. The number of nitrogens with zero attached hydrogens (tertiary/aromatic N) is 3. The van der Waals surface area contributed by atoms with Crippen LogP contribution in [0.4, 0.5) is 0 Å². The van der Waals surface area contributed by atoms with E-state index in [0.29, 0.717) is 41.4 Å². The Morgan fingerprint density at radius 3 is 1.68 bits per heavy atom. The van der Waals surface area contributed by atoms with Crippen LogP contribution in [0, 0.1) is 11.8 Å². The zero-order valence-electron chi connectivity index (χ0n) is 36.4. The Hall–Kier alpha value is -5.09. The second kappa shape index (κ2) is 17.9. The van der Waals surface area contributed by atoms with Gasteiger partial charge in [-0.3, -0.25) is 0 Å². The summed E-state index contributed by atoms with van der Waals surface area (Å²) in [5.74, 6) is 7.66. The van der Waals surface area contributed by atoms with E-state index in [1.807, 2.05) is 0 Å². The number of para-hydroxylation sites is 1. The minimum absolute atomic E-state index is 0.0783. The maximum Gasteiger partial charge on any atom is 0.163 e. The van der Waals surface area contributed by atoms with Gasteiger partial charge < -0.3 is 4.74 Å². The molecule has 0 spiro atoms. The molecule has 5 aromatic carbocycles. The smallest absolute Gasteiger partial charge is 0.163 e. The first kappa shape index (κ1) is 39.7. The lowest BCUT2D eigenvalue weighted by molar-refractivity contribution is 0.116. The first-order valence-corrected chi connectivity index (χ1v) is 24.5. The molecule has 316 valence electrons. The number of rotatable bonds is 8. The molecule has 0 N–H and O–H groups in total. The summed E-state index contributed by atoms with van der Waals surface area (Å²) in [4.78, 5) is 16.3. The summed E-state index contributed by atoms with van der Waals surface area (Å²) in [7, 11) is 0. The lowest BCUT2D eigenvalue weighted by atomic mass is 9.52. The zero-order chi connectivity index (χ0) is 41.2. The summed E-state index contributed by atoms with van der Waals surface area (Å²) in [5, 5.41) is 0. The molecule has 1 aromatic heterocycles. The van der Waals surface area contributed by atoms with Crippen LogP contribution in [0.5, 0.6) is 5.75 Å². The molecule has 62 heavy (non-hydrogen) atoms. The topological polar surface area (TPSA) is 47.9 Å². The zero-order valence-corrected chi connectivity index (χ0v) is 36.4. The molecule has 4 saturated carbocycles. The lowest BCUT2D eigenvalue weighted by Crippen LogP contribution is -2.40. The Morgan fingerprint density at radius 2 is 0.968 bits per heavy atom. The van der Waals surface area contributed by atoms with E-state index in [1.165, 1.54) is 85.6 Å². The number of ether oxygens (including phenoxy) is 1. The largest absolute Gasteiger partial charge is 0.489 e. The van der Waals surface area contributed by atoms with Crippen molar-refractivity contribution in [3.8, 4) is 17.1 Å². The highest BCUT2D eigenvalue weighted by Crippen LogP contribution is 2.62. The van der Waals surface area contributed by atoms with Gasteiger partial charge in [0.25, 0.3) is 0 Å². The van der Waals surface area contributed by atoms with E-state index in [4.69, 9.17) is 19.7 Å². The van der Waals surface area contributed by atoms with Crippen molar-refractivity contribution in [2.45, 2.75) is 144 Å². The van der Waals surface area contributed by atoms with Crippen molar-refractivity contribution in [3.05, 3.63) is 179 Å². The van der Waals surface area contributed by atoms with E-state index in [0.717, 1.165) is 73.2 Å². The van der Waals surface area contributed by atoms with Gasteiger partial charge in [-0.2, -0.15) is 0 Å². The molecule has 0 radical (unpaired) electrons. The Kier molecular flexibility index (Phi) is 11.5. The molecule has 0 bridgehead atoms. The van der Waals surface area contributed by atoms with Crippen LogP contribution in [0.2, 0.25) is 0 Å². The SMILES string of the molecule is c1ccc(C2CC(c3ccc(-c4nc(C5CCCCCC5)nc(C5CCCC6c7ccccc7OC56)n4)cc3)C(c3ccccc3)C(c3ccccc3)C2C2CCCCC2)cc1. The molecule has 4 heteroatoms. The Labute approximate surface area is 370 Å². The number of benzene rings is 5. The van der Waals surface area contributed by atoms with E-state index >= 15 is 0 Å². The second-order valence-corrected chi connectivity index (χ2v) is 19.7. The fourth-order valence-corrected chi connectivity index (χ4v) is 13.4. The van der Waals surface area contributed by atoms with Crippen LogP contribution in [0.25, 0.3) is 11.4 Å². The minimum Gasteiger partial charge on any atom is -0.489 e. The van der Waals surface area contributed by atoms with Gasteiger partial charge in [0.1, 0.15) is 23.5 Å². The van der Waals surface area contributed by atoms with Crippen molar-refractivity contribution in [1.82, 2.24) is 15.0 Å². The van der Waals surface area contributed by atoms with Crippen LogP contribution in [0.3, 0.4) is 0 Å². The van der Waals surface area contributed by atoms with Gasteiger partial charge in [-0.1, -0.05) is 198 Å². The highest BCUT2D eigenvalue weighted by Gasteiger charge is 2.50. The van der Waals surface area contributed by atoms with Gasteiger partial charge in [-0.25, -0.2) is 15.0 Å². The molecule has 11 rings (SSSR count). The summed E-state index contributed by atoms with van der Waals surface area (Å²) < 4.78 is 6.79. The van der Waals surface area contributed by atoms with Crippen molar-refractivity contribution in [1.29, 1.82) is 0 Å². The molecule has 6 aromatic rings. The third-order valence-corrected chi connectivity index (χ3v) is 16.2. The molecule has 0 amide bonds. The Morgan fingerprint density at radius 1 is 0.403 bits per heavy atom. The van der Waals surface area contributed by atoms with E-state index in [-0.39, 0.29) is 12.0 Å². The molecular formula is C58H63N3O. The van der Waals surface area contributed by atoms with Crippen molar-refractivity contribution in [2.75, 3.05) is 0 Å². The second-order valence-electron chi connectivity index (χ2n) is 19.7. The summed E-state index contributed by atoms with van der Waals surface area (Å²) in [5.41, 5.74) is 8.38. The van der Waals surface area contributed by atoms with Gasteiger partial charge >= 0.3 is 0 Å². The van der Waals surface area contributed by atoms with Crippen LogP contribution < -0.4 is 4.74 Å². The van der Waals surface area contributed by atoms with Crippen LogP contribution in [0.15, 0.2) is 140 Å². The fraction of sp³-hybridized carbons (Fsp3) is 0.431. The molecule has 4 fully saturated rings. The Balaban J connectivity index is 0.998. The number of hydrogen-bond donors (Lipinski definition) is 0. The molecular weight excluding hydrogens is 755 g/mol. The van der Waals surface area contributed by atoms with E-state index < -0.39 is 0 Å². The summed E-state index contributed by atoms with van der Waals surface area (Å²) in [6.45, 7) is 0. The minimum atomic E-state index is 0.0783. The van der Waals surface area contributed by atoms with Gasteiger partial charge in [0.15, 0.2) is 5.82 Å². The number of fused-ring (bicyclic) bond motifs is 3. The lowest BCUT2D eigenvalue weighted by Gasteiger charge is -2.52. The highest BCUT2D eigenvalue weighted by molar-refractivity contribution is 5.56. The van der Waals surface area contributed by atoms with Crippen LogP contribution in [0.1, 0.15) is 177 Å².